The Bertz CT molecular complexity index is 1240. The summed E-state index contributed by atoms with van der Waals surface area (Å²) < 4.78 is 5.47. The fraction of sp³-hybridized carbons (Fsp3) is 0.0800. The monoisotopic (exact) mass is 412 g/mol. The van der Waals surface area contributed by atoms with E-state index in [4.69, 9.17) is 4.74 Å². The number of para-hydroxylation sites is 2. The molecule has 0 bridgehead atoms. The van der Waals surface area contributed by atoms with Crippen LogP contribution in [0.4, 0.5) is 5.69 Å². The topological polar surface area (TPSA) is 88.5 Å². The van der Waals surface area contributed by atoms with Gasteiger partial charge in [0, 0.05) is 16.6 Å². The van der Waals surface area contributed by atoms with Crippen molar-refractivity contribution in [3.05, 3.63) is 90.5 Å². The molecule has 154 valence electrons. The highest BCUT2D eigenvalue weighted by Crippen LogP contribution is 2.27. The van der Waals surface area contributed by atoms with Gasteiger partial charge in [0.25, 0.3) is 5.91 Å². The predicted molar refractivity (Wildman–Crippen MR) is 119 cm³/mol. The number of aromatic nitrogens is 1. The van der Waals surface area contributed by atoms with Gasteiger partial charge in [-0.2, -0.15) is 0 Å². The molecule has 3 aromatic carbocycles. The molecule has 0 fully saturated rings. The third-order valence-electron chi connectivity index (χ3n) is 4.79. The number of ether oxygens (including phenoxy) is 1. The zero-order chi connectivity index (χ0) is 21.8. The zero-order valence-corrected chi connectivity index (χ0v) is 16.8. The van der Waals surface area contributed by atoms with Gasteiger partial charge in [-0.3, -0.25) is 4.79 Å². The lowest BCUT2D eigenvalue weighted by Crippen LogP contribution is -2.30. The summed E-state index contributed by atoms with van der Waals surface area (Å²) in [5, 5.41) is 12.9. The van der Waals surface area contributed by atoms with E-state index in [0.29, 0.717) is 27.8 Å². The maximum Gasteiger partial charge on any atom is 0.339 e. The van der Waals surface area contributed by atoms with Crippen molar-refractivity contribution >= 4 is 28.5 Å². The molecule has 6 nitrogen and oxygen atoms in total. The Kier molecular flexibility index (Phi) is 5.62. The Balaban J connectivity index is 1.62. The summed E-state index contributed by atoms with van der Waals surface area (Å²) >= 11 is 0. The number of phenolic OH excluding ortho intramolecular Hbond substituents is 1. The first-order valence-electron chi connectivity index (χ1n) is 9.77. The molecule has 4 aromatic rings. The molecule has 0 aliphatic carbocycles. The number of hydrogen-bond donors (Lipinski definition) is 2. The second-order valence-corrected chi connectivity index (χ2v) is 7.02. The molecule has 1 atom stereocenters. The molecule has 0 unspecified atom stereocenters. The molecule has 1 amide bonds. The third-order valence-corrected chi connectivity index (χ3v) is 4.79. The Morgan fingerprint density at radius 2 is 1.61 bits per heavy atom. The van der Waals surface area contributed by atoms with Crippen LogP contribution in [-0.4, -0.2) is 28.1 Å². The number of nitrogens with zero attached hydrogens (tertiary/aromatic N) is 1. The van der Waals surface area contributed by atoms with Gasteiger partial charge < -0.3 is 15.2 Å². The van der Waals surface area contributed by atoms with Crippen LogP contribution in [-0.2, 0) is 9.53 Å². The van der Waals surface area contributed by atoms with E-state index in [2.05, 4.69) is 10.3 Å². The van der Waals surface area contributed by atoms with Crippen molar-refractivity contribution < 1.29 is 19.4 Å². The minimum absolute atomic E-state index is 0.141. The molecular formula is C25H20N2O4. The number of hydrogen-bond acceptors (Lipinski definition) is 5. The Morgan fingerprint density at radius 1 is 0.935 bits per heavy atom. The van der Waals surface area contributed by atoms with Crippen molar-refractivity contribution in [3.63, 3.8) is 0 Å². The van der Waals surface area contributed by atoms with Crippen LogP contribution in [0.3, 0.4) is 0 Å². The average Bonchev–Trinajstić information content (AvgIpc) is 2.79. The van der Waals surface area contributed by atoms with Crippen molar-refractivity contribution in [2.24, 2.45) is 0 Å². The summed E-state index contributed by atoms with van der Waals surface area (Å²) in [5.41, 5.74) is 2.87. The molecule has 4 rings (SSSR count). The molecule has 31 heavy (non-hydrogen) atoms. The van der Waals surface area contributed by atoms with Crippen LogP contribution >= 0.6 is 0 Å². The standard InChI is InChI=1S/C25H20N2O4/c1-16(24(29)26-18-7-3-2-4-8-18)31-25(30)21-15-23(17-11-13-19(28)14-12-17)27-22-10-6-5-9-20(21)22/h2-16,28H,1H3,(H,26,29)/t16-/m1/s1. The first-order chi connectivity index (χ1) is 15.0. The second-order valence-electron chi connectivity index (χ2n) is 7.02. The summed E-state index contributed by atoms with van der Waals surface area (Å²) in [6.45, 7) is 1.53. The number of aromatic hydroxyl groups is 1. The third kappa shape index (κ3) is 4.53. The summed E-state index contributed by atoms with van der Waals surface area (Å²) in [6.07, 6.45) is -0.989. The maximum atomic E-state index is 13.0. The van der Waals surface area contributed by atoms with Gasteiger partial charge in [0.1, 0.15) is 5.75 Å². The van der Waals surface area contributed by atoms with E-state index in [1.165, 1.54) is 6.92 Å². The van der Waals surface area contributed by atoms with Crippen LogP contribution < -0.4 is 5.32 Å². The molecular weight excluding hydrogens is 392 g/mol. The molecule has 6 heteroatoms. The molecule has 0 radical (unpaired) electrons. The summed E-state index contributed by atoms with van der Waals surface area (Å²) in [5.74, 6) is -0.895. The van der Waals surface area contributed by atoms with E-state index in [9.17, 15) is 14.7 Å². The highest BCUT2D eigenvalue weighted by Gasteiger charge is 2.21. The van der Waals surface area contributed by atoms with Crippen molar-refractivity contribution in [2.75, 3.05) is 5.32 Å². The van der Waals surface area contributed by atoms with Crippen LogP contribution in [0.25, 0.3) is 22.2 Å². The summed E-state index contributed by atoms with van der Waals surface area (Å²) in [6, 6.07) is 24.4. The maximum absolute atomic E-state index is 13.0. The lowest BCUT2D eigenvalue weighted by Gasteiger charge is -2.15. The Labute approximate surface area is 179 Å². The van der Waals surface area contributed by atoms with Crippen molar-refractivity contribution in [2.45, 2.75) is 13.0 Å². The van der Waals surface area contributed by atoms with E-state index in [0.717, 1.165) is 5.56 Å². The van der Waals surface area contributed by atoms with Crippen molar-refractivity contribution in [3.8, 4) is 17.0 Å². The van der Waals surface area contributed by atoms with Crippen LogP contribution in [0.5, 0.6) is 5.75 Å². The minimum Gasteiger partial charge on any atom is -0.508 e. The van der Waals surface area contributed by atoms with Gasteiger partial charge in [0.05, 0.1) is 16.8 Å². The number of amides is 1. The number of benzene rings is 3. The second kappa shape index (κ2) is 8.67. The SMILES string of the molecule is C[C@@H](OC(=O)c1cc(-c2ccc(O)cc2)nc2ccccc12)C(=O)Nc1ccccc1. The van der Waals surface area contributed by atoms with Gasteiger partial charge in [0.15, 0.2) is 6.10 Å². The minimum atomic E-state index is -0.989. The number of phenols is 1. The Morgan fingerprint density at radius 3 is 2.35 bits per heavy atom. The number of carbonyl (C=O) groups excluding carboxylic acids is 2. The number of anilines is 1. The largest absolute Gasteiger partial charge is 0.508 e. The van der Waals surface area contributed by atoms with Crippen LogP contribution in [0.15, 0.2) is 84.9 Å². The van der Waals surface area contributed by atoms with Gasteiger partial charge >= 0.3 is 5.97 Å². The molecule has 0 saturated carbocycles. The zero-order valence-electron chi connectivity index (χ0n) is 16.8. The van der Waals surface area contributed by atoms with Gasteiger partial charge in [-0.1, -0.05) is 36.4 Å². The van der Waals surface area contributed by atoms with E-state index < -0.39 is 18.0 Å². The van der Waals surface area contributed by atoms with Gasteiger partial charge in [-0.25, -0.2) is 9.78 Å². The molecule has 0 aliphatic heterocycles. The molecule has 0 aliphatic rings. The fourth-order valence-electron chi connectivity index (χ4n) is 3.17. The van der Waals surface area contributed by atoms with Gasteiger partial charge in [-0.05, 0) is 55.5 Å². The highest BCUT2D eigenvalue weighted by atomic mass is 16.5. The van der Waals surface area contributed by atoms with Gasteiger partial charge in [0.2, 0.25) is 0 Å². The molecule has 1 heterocycles. The summed E-state index contributed by atoms with van der Waals surface area (Å²) in [7, 11) is 0. The smallest absolute Gasteiger partial charge is 0.339 e. The fourth-order valence-corrected chi connectivity index (χ4v) is 3.17. The summed E-state index contributed by atoms with van der Waals surface area (Å²) in [4.78, 5) is 30.1. The van der Waals surface area contributed by atoms with Crippen LogP contribution in [0, 0.1) is 0 Å². The number of nitrogens with one attached hydrogen (secondary N) is 1. The normalized spacial score (nSPS) is 11.6. The number of fused-ring (bicyclic) bond motifs is 1. The quantitative estimate of drug-likeness (QED) is 0.460. The first kappa shape index (κ1) is 20.1. The number of rotatable bonds is 5. The molecule has 0 saturated heterocycles. The van der Waals surface area contributed by atoms with E-state index in [-0.39, 0.29) is 5.75 Å². The highest BCUT2D eigenvalue weighted by molar-refractivity contribution is 6.06. The van der Waals surface area contributed by atoms with Crippen LogP contribution in [0.2, 0.25) is 0 Å². The number of esters is 1. The van der Waals surface area contributed by atoms with Crippen LogP contribution in [0.1, 0.15) is 17.3 Å². The van der Waals surface area contributed by atoms with Crippen molar-refractivity contribution in [1.82, 2.24) is 4.98 Å². The lowest BCUT2D eigenvalue weighted by molar-refractivity contribution is -0.123. The van der Waals surface area contributed by atoms with Gasteiger partial charge in [-0.15, -0.1) is 0 Å². The molecule has 1 aromatic heterocycles. The van der Waals surface area contributed by atoms with E-state index >= 15 is 0 Å². The molecule has 0 spiro atoms. The molecule has 2 N–H and O–H groups in total. The average molecular weight is 412 g/mol. The lowest BCUT2D eigenvalue weighted by atomic mass is 10.0. The van der Waals surface area contributed by atoms with Crippen molar-refractivity contribution in [1.29, 1.82) is 0 Å². The van der Waals surface area contributed by atoms with E-state index in [1.54, 1.807) is 60.7 Å². The Hall–Kier alpha value is -4.19. The number of carbonyl (C=O) groups is 2. The number of pyridine rings is 1. The first-order valence-corrected chi connectivity index (χ1v) is 9.77. The van der Waals surface area contributed by atoms with E-state index in [1.807, 2.05) is 24.3 Å². The predicted octanol–water partition coefficient (Wildman–Crippen LogP) is 4.79.